The Labute approximate surface area is 183 Å². The van der Waals surface area contributed by atoms with Crippen molar-refractivity contribution >= 4 is 29.9 Å². The number of hydrogen-bond acceptors (Lipinski definition) is 3. The molecule has 0 bridgehead atoms. The molecule has 0 aliphatic carbocycles. The van der Waals surface area contributed by atoms with Crippen LogP contribution >= 0.6 is 24.0 Å². The SMILES string of the molecule is CN=C(NCc1c(F)cccc1OC(F)F)NC(C)c1ccc(OC)c(F)c1.I. The molecule has 160 valence electrons. The van der Waals surface area contributed by atoms with Crippen LogP contribution in [0, 0.1) is 11.6 Å². The number of benzene rings is 2. The van der Waals surface area contributed by atoms with Gasteiger partial charge in [-0.15, -0.1) is 24.0 Å². The first-order valence-electron chi connectivity index (χ1n) is 8.38. The van der Waals surface area contributed by atoms with Gasteiger partial charge in [-0.05, 0) is 36.8 Å². The quantitative estimate of drug-likeness (QED) is 0.239. The summed E-state index contributed by atoms with van der Waals surface area (Å²) in [6.45, 7) is -1.43. The van der Waals surface area contributed by atoms with Crippen LogP contribution in [0.25, 0.3) is 0 Å². The van der Waals surface area contributed by atoms with E-state index in [4.69, 9.17) is 4.74 Å². The summed E-state index contributed by atoms with van der Waals surface area (Å²) in [6.07, 6.45) is 0. The topological polar surface area (TPSA) is 54.9 Å². The van der Waals surface area contributed by atoms with Crippen molar-refractivity contribution < 1.29 is 27.0 Å². The van der Waals surface area contributed by atoms with Crippen molar-refractivity contribution in [3.05, 3.63) is 59.2 Å². The van der Waals surface area contributed by atoms with Crippen LogP contribution in [0.1, 0.15) is 24.1 Å². The Balaban J connectivity index is 0.00000420. The molecule has 10 heteroatoms. The fraction of sp³-hybridized carbons (Fsp3) is 0.316. The average Bonchev–Trinajstić information content (AvgIpc) is 2.65. The van der Waals surface area contributed by atoms with Gasteiger partial charge in [0.15, 0.2) is 17.5 Å². The Morgan fingerprint density at radius 2 is 1.83 bits per heavy atom. The summed E-state index contributed by atoms with van der Waals surface area (Å²) in [4.78, 5) is 4.01. The Morgan fingerprint density at radius 1 is 1.10 bits per heavy atom. The van der Waals surface area contributed by atoms with E-state index in [1.807, 2.05) is 0 Å². The highest BCUT2D eigenvalue weighted by atomic mass is 127. The molecule has 2 aromatic carbocycles. The number of nitrogens with zero attached hydrogens (tertiary/aromatic N) is 1. The number of guanidine groups is 1. The smallest absolute Gasteiger partial charge is 0.387 e. The molecule has 2 rings (SSSR count). The molecular formula is C19H22F4IN3O2. The van der Waals surface area contributed by atoms with Crippen LogP contribution in [0.2, 0.25) is 0 Å². The van der Waals surface area contributed by atoms with E-state index in [1.54, 1.807) is 13.0 Å². The first-order chi connectivity index (χ1) is 13.3. The van der Waals surface area contributed by atoms with Gasteiger partial charge in [0.2, 0.25) is 0 Å². The van der Waals surface area contributed by atoms with Crippen molar-refractivity contribution in [1.82, 2.24) is 10.6 Å². The highest BCUT2D eigenvalue weighted by Crippen LogP contribution is 2.24. The molecule has 0 spiro atoms. The lowest BCUT2D eigenvalue weighted by Crippen LogP contribution is -2.38. The lowest BCUT2D eigenvalue weighted by atomic mass is 10.1. The van der Waals surface area contributed by atoms with E-state index in [0.29, 0.717) is 5.56 Å². The molecule has 0 heterocycles. The number of rotatable bonds is 7. The number of aliphatic imine (C=N–C) groups is 1. The van der Waals surface area contributed by atoms with Crippen molar-refractivity contribution in [2.24, 2.45) is 4.99 Å². The van der Waals surface area contributed by atoms with Gasteiger partial charge in [0.05, 0.1) is 13.2 Å². The zero-order chi connectivity index (χ0) is 20.7. The van der Waals surface area contributed by atoms with Crippen LogP contribution in [0.3, 0.4) is 0 Å². The first-order valence-corrected chi connectivity index (χ1v) is 8.38. The molecule has 0 radical (unpaired) electrons. The Kier molecular flexibility index (Phi) is 9.99. The van der Waals surface area contributed by atoms with Gasteiger partial charge >= 0.3 is 6.61 Å². The molecule has 0 fully saturated rings. The zero-order valence-corrected chi connectivity index (χ0v) is 18.3. The van der Waals surface area contributed by atoms with E-state index in [-0.39, 0.29) is 59.6 Å². The molecule has 29 heavy (non-hydrogen) atoms. The van der Waals surface area contributed by atoms with Crippen molar-refractivity contribution in [1.29, 1.82) is 0 Å². The molecule has 1 atom stereocenters. The molecular weight excluding hydrogens is 505 g/mol. The molecule has 0 amide bonds. The molecule has 0 aromatic heterocycles. The van der Waals surface area contributed by atoms with Crippen LogP contribution in [-0.2, 0) is 6.54 Å². The maximum atomic E-state index is 14.0. The Morgan fingerprint density at radius 3 is 2.41 bits per heavy atom. The van der Waals surface area contributed by atoms with Gasteiger partial charge in [0, 0.05) is 19.2 Å². The normalized spacial score (nSPS) is 12.2. The zero-order valence-electron chi connectivity index (χ0n) is 16.0. The number of ether oxygens (including phenoxy) is 2. The third-order valence-electron chi connectivity index (χ3n) is 3.98. The molecule has 0 aliphatic heterocycles. The van der Waals surface area contributed by atoms with Crippen LogP contribution in [0.5, 0.6) is 11.5 Å². The van der Waals surface area contributed by atoms with E-state index in [2.05, 4.69) is 20.4 Å². The third-order valence-corrected chi connectivity index (χ3v) is 3.98. The maximum Gasteiger partial charge on any atom is 0.387 e. The van der Waals surface area contributed by atoms with E-state index in [9.17, 15) is 17.6 Å². The predicted molar refractivity (Wildman–Crippen MR) is 113 cm³/mol. The van der Waals surface area contributed by atoms with Crippen LogP contribution < -0.4 is 20.1 Å². The average molecular weight is 527 g/mol. The van der Waals surface area contributed by atoms with Crippen LogP contribution in [0.4, 0.5) is 17.6 Å². The molecule has 0 saturated heterocycles. The molecule has 5 nitrogen and oxygen atoms in total. The van der Waals surface area contributed by atoms with Gasteiger partial charge < -0.3 is 20.1 Å². The summed E-state index contributed by atoms with van der Waals surface area (Å²) in [5.74, 6) is -1.05. The summed E-state index contributed by atoms with van der Waals surface area (Å²) in [7, 11) is 2.87. The number of halogens is 5. The monoisotopic (exact) mass is 527 g/mol. The van der Waals surface area contributed by atoms with Crippen molar-refractivity contribution in [2.75, 3.05) is 14.2 Å². The van der Waals surface area contributed by atoms with Gasteiger partial charge in [0.25, 0.3) is 0 Å². The Bertz CT molecular complexity index is 837. The second kappa shape index (κ2) is 11.7. The highest BCUT2D eigenvalue weighted by molar-refractivity contribution is 14.0. The van der Waals surface area contributed by atoms with Gasteiger partial charge in [-0.25, -0.2) is 8.78 Å². The summed E-state index contributed by atoms with van der Waals surface area (Å²) >= 11 is 0. The van der Waals surface area contributed by atoms with Crippen molar-refractivity contribution in [2.45, 2.75) is 26.1 Å². The minimum atomic E-state index is -3.07. The predicted octanol–water partition coefficient (Wildman–Crippen LogP) is 4.62. The molecule has 0 aliphatic rings. The Hall–Kier alpha value is -2.24. The third kappa shape index (κ3) is 6.94. The van der Waals surface area contributed by atoms with E-state index < -0.39 is 18.2 Å². The van der Waals surface area contributed by atoms with Crippen molar-refractivity contribution in [3.63, 3.8) is 0 Å². The van der Waals surface area contributed by atoms with Gasteiger partial charge in [-0.2, -0.15) is 8.78 Å². The number of methoxy groups -OCH3 is 1. The molecule has 0 saturated carbocycles. The lowest BCUT2D eigenvalue weighted by molar-refractivity contribution is -0.0506. The highest BCUT2D eigenvalue weighted by Gasteiger charge is 2.15. The lowest BCUT2D eigenvalue weighted by Gasteiger charge is -2.19. The summed E-state index contributed by atoms with van der Waals surface area (Å²) in [6, 6.07) is 7.87. The van der Waals surface area contributed by atoms with Crippen molar-refractivity contribution in [3.8, 4) is 11.5 Å². The fourth-order valence-electron chi connectivity index (χ4n) is 2.52. The van der Waals surface area contributed by atoms with Crippen LogP contribution in [-0.4, -0.2) is 26.7 Å². The van der Waals surface area contributed by atoms with Crippen LogP contribution in [0.15, 0.2) is 41.4 Å². The molecule has 1 unspecified atom stereocenters. The van der Waals surface area contributed by atoms with Gasteiger partial charge in [-0.3, -0.25) is 4.99 Å². The summed E-state index contributed by atoms with van der Waals surface area (Å²) in [5.41, 5.74) is 0.572. The van der Waals surface area contributed by atoms with Gasteiger partial charge in [0.1, 0.15) is 11.6 Å². The van der Waals surface area contributed by atoms with E-state index >= 15 is 0 Å². The summed E-state index contributed by atoms with van der Waals surface area (Å²) in [5, 5.41) is 5.85. The minimum Gasteiger partial charge on any atom is -0.494 e. The van der Waals surface area contributed by atoms with E-state index in [0.717, 1.165) is 6.07 Å². The minimum absolute atomic E-state index is 0. The van der Waals surface area contributed by atoms with Gasteiger partial charge in [-0.1, -0.05) is 12.1 Å². The van der Waals surface area contributed by atoms with E-state index in [1.165, 1.54) is 38.4 Å². The second-order valence-corrected chi connectivity index (χ2v) is 5.78. The standard InChI is InChI=1S/C19H21F4N3O2.HI/c1-11(12-7-8-17(27-3)15(21)9-12)26-19(24-2)25-10-13-14(20)5-4-6-16(13)28-18(22)23;/h4-9,11,18H,10H2,1-3H3,(H2,24,25,26);1H. The number of nitrogens with one attached hydrogen (secondary N) is 2. The number of alkyl halides is 2. The maximum absolute atomic E-state index is 14.0. The summed E-state index contributed by atoms with van der Waals surface area (Å²) < 4.78 is 62.1. The molecule has 2 aromatic rings. The fourth-order valence-corrected chi connectivity index (χ4v) is 2.52. The second-order valence-electron chi connectivity index (χ2n) is 5.78. The largest absolute Gasteiger partial charge is 0.494 e. The number of hydrogen-bond donors (Lipinski definition) is 2. The first kappa shape index (κ1) is 24.8. The molecule has 2 N–H and O–H groups in total.